The third-order valence-corrected chi connectivity index (χ3v) is 6.01. The van der Waals surface area contributed by atoms with Gasteiger partial charge in [0.15, 0.2) is 5.16 Å². The van der Waals surface area contributed by atoms with Crippen LogP contribution in [0, 0.1) is 6.92 Å². The van der Waals surface area contributed by atoms with Gasteiger partial charge in [-0.3, -0.25) is 14.3 Å². The first-order valence-corrected chi connectivity index (χ1v) is 12.0. The Hall–Kier alpha value is -3.50. The molecule has 4 aromatic rings. The van der Waals surface area contributed by atoms with Crippen LogP contribution in [0.5, 0.6) is 0 Å². The van der Waals surface area contributed by atoms with Gasteiger partial charge < -0.3 is 10.4 Å². The molecule has 1 aromatic carbocycles. The Morgan fingerprint density at radius 1 is 1.18 bits per heavy atom. The summed E-state index contributed by atoms with van der Waals surface area (Å²) in [6, 6.07) is 7.14. The average Bonchev–Trinajstić information content (AvgIpc) is 2.82. The molecule has 1 amide bonds. The van der Waals surface area contributed by atoms with Crippen LogP contribution in [0.4, 0.5) is 4.79 Å². The van der Waals surface area contributed by atoms with Crippen molar-refractivity contribution >= 4 is 40.5 Å². The monoisotopic (exact) mass is 496 g/mol. The summed E-state index contributed by atoms with van der Waals surface area (Å²) in [5.41, 5.74) is 3.48. The predicted molar refractivity (Wildman–Crippen MR) is 132 cm³/mol. The van der Waals surface area contributed by atoms with Crippen molar-refractivity contribution in [2.24, 2.45) is 0 Å². The number of fused-ring (bicyclic) bond motifs is 1. The van der Waals surface area contributed by atoms with Gasteiger partial charge in [0.2, 0.25) is 0 Å². The van der Waals surface area contributed by atoms with Gasteiger partial charge in [-0.2, -0.15) is 0 Å². The van der Waals surface area contributed by atoms with Crippen molar-refractivity contribution in [3.8, 4) is 22.4 Å². The molecule has 0 bridgehead atoms. The number of benzene rings is 1. The average molecular weight is 497 g/mol. The zero-order valence-corrected chi connectivity index (χ0v) is 20.0. The quantitative estimate of drug-likeness (QED) is 0.221. The number of carboxylic acid groups (broad SMARTS) is 1. The summed E-state index contributed by atoms with van der Waals surface area (Å²) in [5, 5.41) is 12.8. The lowest BCUT2D eigenvalue weighted by Crippen LogP contribution is -2.27. The van der Waals surface area contributed by atoms with Gasteiger partial charge in [-0.25, -0.2) is 19.7 Å². The van der Waals surface area contributed by atoms with Crippen LogP contribution in [-0.2, 0) is 6.54 Å². The van der Waals surface area contributed by atoms with Crippen molar-refractivity contribution in [1.29, 1.82) is 0 Å². The number of nitrogens with one attached hydrogen (secondary N) is 1. The van der Waals surface area contributed by atoms with E-state index >= 15 is 0 Å². The van der Waals surface area contributed by atoms with Gasteiger partial charge in [0, 0.05) is 52.6 Å². The molecule has 2 N–H and O–H groups in total. The van der Waals surface area contributed by atoms with Gasteiger partial charge in [-0.1, -0.05) is 35.5 Å². The number of hydrogen-bond donors (Lipinski definition) is 2. The van der Waals surface area contributed by atoms with Crippen LogP contribution in [0.1, 0.15) is 12.1 Å². The van der Waals surface area contributed by atoms with E-state index in [9.17, 15) is 9.59 Å². The fourth-order valence-corrected chi connectivity index (χ4v) is 4.19. The predicted octanol–water partition coefficient (Wildman–Crippen LogP) is 4.26. The normalized spacial score (nSPS) is 11.0. The summed E-state index contributed by atoms with van der Waals surface area (Å²) < 4.78 is 1.55. The molecule has 0 radical (unpaired) electrons. The highest BCUT2D eigenvalue weighted by Gasteiger charge is 2.16. The number of thioether (sulfide) groups is 1. The van der Waals surface area contributed by atoms with Crippen molar-refractivity contribution in [2.45, 2.75) is 25.0 Å². The van der Waals surface area contributed by atoms with Gasteiger partial charge in [0.05, 0.1) is 17.6 Å². The first-order chi connectivity index (χ1) is 16.4. The molecule has 4 rings (SSSR count). The number of nitrogens with zero attached hydrogens (tertiary/aromatic N) is 5. The van der Waals surface area contributed by atoms with E-state index < -0.39 is 6.09 Å². The van der Waals surface area contributed by atoms with Crippen LogP contribution >= 0.6 is 23.4 Å². The number of amides is 1. The molecule has 0 aliphatic carbocycles. The second-order valence-electron chi connectivity index (χ2n) is 7.48. The molecule has 9 nitrogen and oxygen atoms in total. The molecule has 3 heterocycles. The van der Waals surface area contributed by atoms with Crippen LogP contribution in [0.3, 0.4) is 0 Å². The van der Waals surface area contributed by atoms with E-state index in [1.54, 1.807) is 41.4 Å². The zero-order chi connectivity index (χ0) is 24.2. The van der Waals surface area contributed by atoms with E-state index in [0.717, 1.165) is 11.3 Å². The molecule has 34 heavy (non-hydrogen) atoms. The number of halogens is 1. The standard InChI is InChI=1S/C23H21ClN6O3S/c1-13-10-25-12-19(28-13)14-4-5-16(18(24)9-14)17-8-15-11-27-22(34-2)29-20(15)30(21(17)31)7-3-6-26-23(32)33/h4-5,8-12,26H,3,6-7H2,1-2H3,(H,32,33). The van der Waals surface area contributed by atoms with Crippen molar-refractivity contribution < 1.29 is 9.90 Å². The maximum Gasteiger partial charge on any atom is 0.404 e. The molecule has 11 heteroatoms. The second kappa shape index (κ2) is 10.2. The van der Waals surface area contributed by atoms with Crippen molar-refractivity contribution in [1.82, 2.24) is 29.8 Å². The molecular formula is C23H21ClN6O3S. The van der Waals surface area contributed by atoms with Gasteiger partial charge in [-0.05, 0) is 31.7 Å². The molecule has 0 saturated heterocycles. The third-order valence-electron chi connectivity index (χ3n) is 5.13. The Bertz CT molecular complexity index is 1440. The molecule has 0 saturated carbocycles. The maximum absolute atomic E-state index is 13.5. The minimum Gasteiger partial charge on any atom is -0.465 e. The highest BCUT2D eigenvalue weighted by atomic mass is 35.5. The maximum atomic E-state index is 13.5. The number of rotatable bonds is 7. The van der Waals surface area contributed by atoms with Crippen molar-refractivity contribution in [3.63, 3.8) is 0 Å². The van der Waals surface area contributed by atoms with E-state index in [-0.39, 0.29) is 18.6 Å². The molecule has 0 unspecified atom stereocenters. The first-order valence-electron chi connectivity index (χ1n) is 10.4. The summed E-state index contributed by atoms with van der Waals surface area (Å²) in [4.78, 5) is 41.8. The fourth-order valence-electron chi connectivity index (χ4n) is 3.57. The van der Waals surface area contributed by atoms with Crippen LogP contribution in [-0.4, -0.2) is 48.5 Å². The fraction of sp³-hybridized carbons (Fsp3) is 0.217. The topological polar surface area (TPSA) is 123 Å². The number of hydrogen-bond acceptors (Lipinski definition) is 7. The molecule has 174 valence electrons. The molecule has 0 spiro atoms. The second-order valence-corrected chi connectivity index (χ2v) is 8.66. The smallest absolute Gasteiger partial charge is 0.404 e. The number of aryl methyl sites for hydroxylation is 2. The highest BCUT2D eigenvalue weighted by molar-refractivity contribution is 7.98. The van der Waals surface area contributed by atoms with E-state index in [1.807, 2.05) is 19.2 Å². The number of carbonyl (C=O) groups is 1. The molecule has 0 fully saturated rings. The van der Waals surface area contributed by atoms with E-state index in [4.69, 9.17) is 16.7 Å². The van der Waals surface area contributed by atoms with Gasteiger partial charge in [0.1, 0.15) is 5.65 Å². The summed E-state index contributed by atoms with van der Waals surface area (Å²) in [6.07, 6.45) is 6.17. The summed E-state index contributed by atoms with van der Waals surface area (Å²) in [6.45, 7) is 2.35. The van der Waals surface area contributed by atoms with Crippen molar-refractivity contribution in [3.05, 3.63) is 63.9 Å². The van der Waals surface area contributed by atoms with Gasteiger partial charge in [-0.15, -0.1) is 0 Å². The lowest BCUT2D eigenvalue weighted by atomic mass is 10.0. The first kappa shape index (κ1) is 23.7. The zero-order valence-electron chi connectivity index (χ0n) is 18.4. The van der Waals surface area contributed by atoms with Gasteiger partial charge >= 0.3 is 6.09 Å². The Labute approximate surface area is 204 Å². The largest absolute Gasteiger partial charge is 0.465 e. The van der Waals surface area contributed by atoms with Crippen LogP contribution in [0.25, 0.3) is 33.4 Å². The Morgan fingerprint density at radius 2 is 2.00 bits per heavy atom. The Balaban J connectivity index is 1.80. The lowest BCUT2D eigenvalue weighted by Gasteiger charge is -2.14. The summed E-state index contributed by atoms with van der Waals surface area (Å²) in [7, 11) is 0. The van der Waals surface area contributed by atoms with Crippen LogP contribution < -0.4 is 10.9 Å². The molecule has 3 aromatic heterocycles. The van der Waals surface area contributed by atoms with Crippen molar-refractivity contribution in [2.75, 3.05) is 12.8 Å². The van der Waals surface area contributed by atoms with Gasteiger partial charge in [0.25, 0.3) is 5.56 Å². The van der Waals surface area contributed by atoms with Crippen LogP contribution in [0.15, 0.2) is 52.8 Å². The van der Waals surface area contributed by atoms with E-state index in [1.165, 1.54) is 11.8 Å². The molecule has 0 aliphatic rings. The minimum absolute atomic E-state index is 0.209. The number of pyridine rings is 1. The molecular weight excluding hydrogens is 476 g/mol. The minimum atomic E-state index is -1.11. The Kier molecular flexibility index (Phi) is 7.09. The SMILES string of the molecule is CSc1ncc2cc(-c3ccc(-c4cncc(C)n4)cc3Cl)c(=O)n(CCCNC(=O)O)c2n1. The summed E-state index contributed by atoms with van der Waals surface area (Å²) in [5.74, 6) is 0. The van der Waals surface area contributed by atoms with E-state index in [2.05, 4.69) is 25.3 Å². The van der Waals surface area contributed by atoms with E-state index in [0.29, 0.717) is 44.5 Å². The lowest BCUT2D eigenvalue weighted by molar-refractivity contribution is 0.194. The molecule has 0 atom stereocenters. The highest BCUT2D eigenvalue weighted by Crippen LogP contribution is 2.31. The summed E-state index contributed by atoms with van der Waals surface area (Å²) >= 11 is 8.01. The Morgan fingerprint density at radius 3 is 2.71 bits per heavy atom. The number of aromatic nitrogens is 5. The third kappa shape index (κ3) is 5.02. The van der Waals surface area contributed by atoms with Crippen LogP contribution in [0.2, 0.25) is 5.02 Å². The molecule has 0 aliphatic heterocycles.